The van der Waals surface area contributed by atoms with Gasteiger partial charge in [0.15, 0.2) is 5.88 Å². The van der Waals surface area contributed by atoms with Gasteiger partial charge in [-0.2, -0.15) is 0 Å². The lowest BCUT2D eigenvalue weighted by Gasteiger charge is -2.11. The molecule has 30 heavy (non-hydrogen) atoms. The first-order chi connectivity index (χ1) is 14.8. The molecule has 1 aromatic heterocycles. The molecule has 4 rings (SSSR count). The standard InChI is InChI=1S/C26H36N2O2/c29-25-21-22(24(28-25)20-17-13-9-6-10-14-18-20)26(30)27-23(21)19-15-11-7-4-2-1-3-5-8-12-16-19/h15,17,28-29H,1-14,16,18H2/b19-15+,20-17+. The number of allylic oxidation sites excluding steroid dienone is 4. The van der Waals surface area contributed by atoms with Crippen molar-refractivity contribution in [3.8, 4) is 5.88 Å². The van der Waals surface area contributed by atoms with Gasteiger partial charge in [-0.15, -0.1) is 0 Å². The molecular formula is C26H36N2O2. The Hall–Kier alpha value is -2.10. The van der Waals surface area contributed by atoms with E-state index in [-0.39, 0.29) is 11.8 Å². The highest BCUT2D eigenvalue weighted by Crippen LogP contribution is 2.39. The van der Waals surface area contributed by atoms with Crippen molar-refractivity contribution in [2.24, 2.45) is 4.99 Å². The smallest absolute Gasteiger partial charge is 0.280 e. The van der Waals surface area contributed by atoms with E-state index in [4.69, 9.17) is 0 Å². The van der Waals surface area contributed by atoms with Crippen LogP contribution in [0.15, 0.2) is 22.7 Å². The fraction of sp³-hybridized carbons (Fsp3) is 0.615. The number of hydrogen-bond donors (Lipinski definition) is 2. The van der Waals surface area contributed by atoms with Crippen molar-refractivity contribution in [1.29, 1.82) is 0 Å². The van der Waals surface area contributed by atoms with Crippen LogP contribution in [-0.4, -0.2) is 21.7 Å². The molecule has 0 unspecified atom stereocenters. The van der Waals surface area contributed by atoms with Crippen LogP contribution in [0.4, 0.5) is 0 Å². The van der Waals surface area contributed by atoms with Crippen molar-refractivity contribution < 1.29 is 9.90 Å². The minimum Gasteiger partial charge on any atom is -0.494 e. The molecule has 0 radical (unpaired) electrons. The minimum atomic E-state index is -0.193. The van der Waals surface area contributed by atoms with Gasteiger partial charge in [-0.3, -0.25) is 4.79 Å². The third-order valence-electron chi connectivity index (χ3n) is 6.85. The Morgan fingerprint density at radius 1 is 0.700 bits per heavy atom. The van der Waals surface area contributed by atoms with Crippen molar-refractivity contribution in [3.63, 3.8) is 0 Å². The van der Waals surface area contributed by atoms with E-state index in [2.05, 4.69) is 22.1 Å². The predicted octanol–water partition coefficient (Wildman–Crippen LogP) is 7.24. The third-order valence-corrected chi connectivity index (χ3v) is 6.85. The highest BCUT2D eigenvalue weighted by Gasteiger charge is 2.34. The van der Waals surface area contributed by atoms with Gasteiger partial charge in [-0.05, 0) is 62.5 Å². The van der Waals surface area contributed by atoms with Gasteiger partial charge in [0.2, 0.25) is 0 Å². The van der Waals surface area contributed by atoms with Crippen LogP contribution in [0.5, 0.6) is 5.88 Å². The zero-order chi connectivity index (χ0) is 20.8. The Balaban J connectivity index is 1.63. The van der Waals surface area contributed by atoms with E-state index in [1.54, 1.807) is 0 Å². The van der Waals surface area contributed by atoms with E-state index in [1.165, 1.54) is 69.8 Å². The maximum Gasteiger partial charge on any atom is 0.280 e. The molecule has 2 heterocycles. The number of aliphatic imine (C=N–C) groups is 1. The van der Waals surface area contributed by atoms with Gasteiger partial charge < -0.3 is 10.1 Å². The fourth-order valence-corrected chi connectivity index (χ4v) is 5.15. The summed E-state index contributed by atoms with van der Waals surface area (Å²) in [5.74, 6) is -0.0823. The molecule has 2 aliphatic carbocycles. The van der Waals surface area contributed by atoms with Crippen molar-refractivity contribution in [2.75, 3.05) is 0 Å². The van der Waals surface area contributed by atoms with E-state index in [0.29, 0.717) is 11.1 Å². The number of aromatic nitrogens is 1. The molecule has 4 heteroatoms. The number of carbonyl (C=O) groups is 1. The average Bonchev–Trinajstić information content (AvgIpc) is 3.21. The Morgan fingerprint density at radius 2 is 1.23 bits per heavy atom. The summed E-state index contributed by atoms with van der Waals surface area (Å²) in [5.41, 5.74) is 5.09. The molecular weight excluding hydrogens is 372 g/mol. The Bertz CT molecular complexity index is 857. The van der Waals surface area contributed by atoms with Crippen LogP contribution in [0.3, 0.4) is 0 Å². The van der Waals surface area contributed by atoms with Crippen LogP contribution in [0.1, 0.15) is 124 Å². The summed E-state index contributed by atoms with van der Waals surface area (Å²) >= 11 is 0. The SMILES string of the molecule is O=C1N=C(/C2=C/CCCCCCCCCC2)c2c(O)[nH]c(/C3=C/CCCCCC3)c21. The molecule has 0 saturated carbocycles. The quantitative estimate of drug-likeness (QED) is 0.541. The van der Waals surface area contributed by atoms with Crippen LogP contribution in [0, 0.1) is 0 Å². The van der Waals surface area contributed by atoms with Gasteiger partial charge >= 0.3 is 0 Å². The largest absolute Gasteiger partial charge is 0.494 e. The summed E-state index contributed by atoms with van der Waals surface area (Å²) in [6.07, 6.45) is 23.4. The van der Waals surface area contributed by atoms with Gasteiger partial charge in [0.1, 0.15) is 0 Å². The molecule has 0 fully saturated rings. The summed E-state index contributed by atoms with van der Waals surface area (Å²) < 4.78 is 0. The summed E-state index contributed by atoms with van der Waals surface area (Å²) in [5, 5.41) is 10.8. The van der Waals surface area contributed by atoms with E-state index < -0.39 is 0 Å². The second-order valence-electron chi connectivity index (χ2n) is 9.14. The maximum atomic E-state index is 13.0. The van der Waals surface area contributed by atoms with E-state index >= 15 is 0 Å². The average molecular weight is 409 g/mol. The number of nitrogens with one attached hydrogen (secondary N) is 1. The molecule has 1 aromatic rings. The van der Waals surface area contributed by atoms with Crippen molar-refractivity contribution >= 4 is 17.2 Å². The maximum absolute atomic E-state index is 13.0. The lowest BCUT2D eigenvalue weighted by molar-refractivity contribution is 0.101. The molecule has 0 aromatic carbocycles. The zero-order valence-corrected chi connectivity index (χ0v) is 18.3. The number of nitrogens with zero attached hydrogens (tertiary/aromatic N) is 1. The number of rotatable bonds is 2. The fourth-order valence-electron chi connectivity index (χ4n) is 5.15. The molecule has 0 saturated heterocycles. The molecule has 3 aliphatic rings. The highest BCUT2D eigenvalue weighted by atomic mass is 16.3. The lowest BCUT2D eigenvalue weighted by Crippen LogP contribution is -2.03. The van der Waals surface area contributed by atoms with E-state index in [0.717, 1.165) is 55.5 Å². The van der Waals surface area contributed by atoms with E-state index in [9.17, 15) is 9.90 Å². The Kier molecular flexibility index (Phi) is 7.24. The summed E-state index contributed by atoms with van der Waals surface area (Å²) in [6.45, 7) is 0. The number of H-pyrrole nitrogens is 1. The van der Waals surface area contributed by atoms with Crippen LogP contribution < -0.4 is 0 Å². The van der Waals surface area contributed by atoms with Crippen LogP contribution in [0.25, 0.3) is 5.57 Å². The summed E-state index contributed by atoms with van der Waals surface area (Å²) in [6, 6.07) is 0. The first-order valence-electron chi connectivity index (χ1n) is 12.2. The zero-order valence-electron chi connectivity index (χ0n) is 18.3. The molecule has 0 spiro atoms. The topological polar surface area (TPSA) is 65.4 Å². The predicted molar refractivity (Wildman–Crippen MR) is 123 cm³/mol. The molecule has 0 atom stereocenters. The van der Waals surface area contributed by atoms with Crippen molar-refractivity contribution in [1.82, 2.24) is 4.98 Å². The van der Waals surface area contributed by atoms with Gasteiger partial charge in [-0.25, -0.2) is 4.99 Å². The number of hydrogen-bond acceptors (Lipinski definition) is 2. The normalized spacial score (nSPS) is 25.5. The van der Waals surface area contributed by atoms with E-state index in [1.807, 2.05) is 0 Å². The third kappa shape index (κ3) is 4.79. The molecule has 2 N–H and O–H groups in total. The molecule has 162 valence electrons. The van der Waals surface area contributed by atoms with Crippen LogP contribution in [0.2, 0.25) is 0 Å². The lowest BCUT2D eigenvalue weighted by atomic mass is 9.92. The molecule has 0 bridgehead atoms. The minimum absolute atomic E-state index is 0.111. The van der Waals surface area contributed by atoms with Crippen molar-refractivity contribution in [2.45, 2.75) is 103 Å². The number of aromatic amines is 1. The number of aromatic hydroxyl groups is 1. The Morgan fingerprint density at radius 3 is 1.90 bits per heavy atom. The van der Waals surface area contributed by atoms with Gasteiger partial charge in [0.25, 0.3) is 5.91 Å². The summed E-state index contributed by atoms with van der Waals surface area (Å²) in [4.78, 5) is 20.6. The number of carbonyl (C=O) groups excluding carboxylic acids is 1. The molecule has 4 nitrogen and oxygen atoms in total. The van der Waals surface area contributed by atoms with Gasteiger partial charge in [0, 0.05) is 0 Å². The molecule has 1 amide bonds. The number of fused-ring (bicyclic) bond motifs is 1. The first kappa shape index (κ1) is 21.1. The molecule has 1 aliphatic heterocycles. The second-order valence-corrected chi connectivity index (χ2v) is 9.14. The second kappa shape index (κ2) is 10.3. The van der Waals surface area contributed by atoms with Gasteiger partial charge in [-0.1, -0.05) is 63.5 Å². The van der Waals surface area contributed by atoms with Crippen LogP contribution >= 0.6 is 0 Å². The summed E-state index contributed by atoms with van der Waals surface area (Å²) in [7, 11) is 0. The number of amides is 1. The monoisotopic (exact) mass is 408 g/mol. The van der Waals surface area contributed by atoms with Crippen molar-refractivity contribution in [3.05, 3.63) is 34.5 Å². The Labute approximate surface area is 180 Å². The highest BCUT2D eigenvalue weighted by molar-refractivity contribution is 6.29. The van der Waals surface area contributed by atoms with Gasteiger partial charge in [0.05, 0.1) is 22.5 Å². The van der Waals surface area contributed by atoms with Crippen LogP contribution in [-0.2, 0) is 0 Å². The first-order valence-corrected chi connectivity index (χ1v) is 12.2.